The van der Waals surface area contributed by atoms with Crippen LogP contribution in [0.1, 0.15) is 93.9 Å². The summed E-state index contributed by atoms with van der Waals surface area (Å²) in [6.45, 7) is 15.1. The number of rotatable bonds is 10. The highest BCUT2D eigenvalue weighted by molar-refractivity contribution is 5.72. The van der Waals surface area contributed by atoms with Crippen molar-refractivity contribution in [2.24, 2.45) is 11.8 Å². The van der Waals surface area contributed by atoms with Crippen molar-refractivity contribution in [1.82, 2.24) is 0 Å². The molecule has 0 aromatic rings. The molecule has 8 atom stereocenters. The van der Waals surface area contributed by atoms with Gasteiger partial charge in [0, 0.05) is 6.92 Å². The van der Waals surface area contributed by atoms with Crippen LogP contribution in [0.25, 0.3) is 0 Å². The standard InChI is InChI=1S/C28H46O7/c1-9-19(5)26(31)34-25-24(33-21(7)29)23(30)20(6)32-27(25)35-28(8,16-10-11-17(2)3)22-14-12-18(4)13-15-22/h11-12,19-20,22-25,27,30H,9-10,13-16H2,1-8H3/t19-,20-,22-,23+,24+,25-,27+,28-/m1/s1. The predicted octanol–water partition coefficient (Wildman–Crippen LogP) is 5.25. The van der Waals surface area contributed by atoms with E-state index in [-0.39, 0.29) is 11.8 Å². The van der Waals surface area contributed by atoms with Gasteiger partial charge in [0.1, 0.15) is 6.10 Å². The van der Waals surface area contributed by atoms with Crippen LogP contribution in [0.3, 0.4) is 0 Å². The van der Waals surface area contributed by atoms with Crippen LogP contribution < -0.4 is 0 Å². The lowest BCUT2D eigenvalue weighted by Crippen LogP contribution is -2.62. The number of aliphatic hydroxyl groups is 1. The van der Waals surface area contributed by atoms with Gasteiger partial charge in [-0.2, -0.15) is 0 Å². The van der Waals surface area contributed by atoms with Crippen molar-refractivity contribution < 1.29 is 33.6 Å². The maximum Gasteiger partial charge on any atom is 0.309 e. The first-order valence-electron chi connectivity index (χ1n) is 13.1. The van der Waals surface area contributed by atoms with Crippen LogP contribution in [0, 0.1) is 11.8 Å². The predicted molar refractivity (Wildman–Crippen MR) is 134 cm³/mol. The summed E-state index contributed by atoms with van der Waals surface area (Å²) in [6, 6.07) is 0. The molecule has 2 aliphatic rings. The monoisotopic (exact) mass is 494 g/mol. The van der Waals surface area contributed by atoms with E-state index in [2.05, 4.69) is 39.8 Å². The van der Waals surface area contributed by atoms with Crippen LogP contribution in [0.2, 0.25) is 0 Å². The van der Waals surface area contributed by atoms with Gasteiger partial charge in [-0.3, -0.25) is 9.59 Å². The molecule has 1 aliphatic heterocycles. The molecule has 0 aromatic carbocycles. The molecule has 0 amide bonds. The van der Waals surface area contributed by atoms with Crippen LogP contribution in [-0.2, 0) is 28.5 Å². The molecule has 0 saturated carbocycles. The minimum absolute atomic E-state index is 0.251. The zero-order chi connectivity index (χ0) is 26.3. The average molecular weight is 495 g/mol. The highest BCUT2D eigenvalue weighted by atomic mass is 16.7. The molecular formula is C28H46O7. The Morgan fingerprint density at radius 3 is 2.49 bits per heavy atom. The highest BCUT2D eigenvalue weighted by Gasteiger charge is 2.51. The SMILES string of the molecule is CC[C@@H](C)C(=O)O[C@H]1[C@H](O[C@](C)(CCC=C(C)C)[C@@H]2CC=C(C)CC2)O[C@H](C)[C@H](O)[C@@H]1OC(C)=O. The van der Waals surface area contributed by atoms with Crippen LogP contribution in [0.4, 0.5) is 0 Å². The normalized spacial score (nSPS) is 31.5. The Bertz CT molecular complexity index is 784. The lowest BCUT2D eigenvalue weighted by molar-refractivity contribution is -0.329. The van der Waals surface area contributed by atoms with Crippen molar-refractivity contribution >= 4 is 11.9 Å². The molecule has 0 bridgehead atoms. The van der Waals surface area contributed by atoms with Gasteiger partial charge < -0.3 is 24.1 Å². The Labute approximate surface area is 211 Å². The lowest BCUT2D eigenvalue weighted by atomic mass is 9.76. The Balaban J connectivity index is 2.40. The molecule has 0 unspecified atom stereocenters. The van der Waals surface area contributed by atoms with Gasteiger partial charge in [0.25, 0.3) is 0 Å². The second-order valence-corrected chi connectivity index (χ2v) is 10.8. The molecule has 1 heterocycles. The lowest BCUT2D eigenvalue weighted by Gasteiger charge is -2.47. The number of ether oxygens (including phenoxy) is 4. The maximum atomic E-state index is 12.8. The van der Waals surface area contributed by atoms with Gasteiger partial charge in [-0.15, -0.1) is 0 Å². The molecule has 7 heteroatoms. The Kier molecular flexibility index (Phi) is 11.0. The molecule has 35 heavy (non-hydrogen) atoms. The zero-order valence-corrected chi connectivity index (χ0v) is 22.8. The number of allylic oxidation sites excluding steroid dienone is 4. The van der Waals surface area contributed by atoms with E-state index in [1.54, 1.807) is 13.8 Å². The third-order valence-corrected chi connectivity index (χ3v) is 7.41. The van der Waals surface area contributed by atoms with Crippen molar-refractivity contribution in [3.05, 3.63) is 23.3 Å². The number of carbonyl (C=O) groups excluding carboxylic acids is 2. The quantitative estimate of drug-likeness (QED) is 0.328. The van der Waals surface area contributed by atoms with Crippen molar-refractivity contribution in [1.29, 1.82) is 0 Å². The topological polar surface area (TPSA) is 91.3 Å². The van der Waals surface area contributed by atoms with Gasteiger partial charge in [-0.1, -0.05) is 37.1 Å². The molecule has 7 nitrogen and oxygen atoms in total. The summed E-state index contributed by atoms with van der Waals surface area (Å²) in [7, 11) is 0. The van der Waals surface area contributed by atoms with Gasteiger partial charge in [0.2, 0.25) is 0 Å². The van der Waals surface area contributed by atoms with E-state index in [1.165, 1.54) is 18.1 Å². The number of hydrogen-bond donors (Lipinski definition) is 1. The minimum atomic E-state index is -1.15. The van der Waals surface area contributed by atoms with Crippen molar-refractivity contribution in [2.45, 2.75) is 130 Å². The number of aliphatic hydroxyl groups excluding tert-OH is 1. The van der Waals surface area contributed by atoms with E-state index in [1.807, 2.05) is 6.92 Å². The van der Waals surface area contributed by atoms with Gasteiger partial charge in [-0.25, -0.2) is 0 Å². The van der Waals surface area contributed by atoms with Gasteiger partial charge in [-0.05, 0) is 79.1 Å². The molecule has 1 fully saturated rings. The van der Waals surface area contributed by atoms with E-state index in [0.717, 1.165) is 32.1 Å². The largest absolute Gasteiger partial charge is 0.455 e. The summed E-state index contributed by atoms with van der Waals surface area (Å²) in [4.78, 5) is 24.7. The molecule has 2 rings (SSSR count). The summed E-state index contributed by atoms with van der Waals surface area (Å²) in [5, 5.41) is 10.8. The smallest absolute Gasteiger partial charge is 0.309 e. The van der Waals surface area contributed by atoms with Crippen LogP contribution in [0.5, 0.6) is 0 Å². The van der Waals surface area contributed by atoms with Crippen LogP contribution in [0.15, 0.2) is 23.3 Å². The molecule has 1 aliphatic carbocycles. The molecule has 0 radical (unpaired) electrons. The summed E-state index contributed by atoms with van der Waals surface area (Å²) in [6.07, 6.45) is 4.62. The summed E-state index contributed by atoms with van der Waals surface area (Å²) in [5.41, 5.74) is 2.05. The van der Waals surface area contributed by atoms with E-state index < -0.39 is 48.2 Å². The molecule has 1 saturated heterocycles. The Morgan fingerprint density at radius 1 is 1.26 bits per heavy atom. The second kappa shape index (κ2) is 13.0. The van der Waals surface area contributed by atoms with Gasteiger partial charge in [0.05, 0.1) is 17.6 Å². The molecule has 1 N–H and O–H groups in total. The summed E-state index contributed by atoms with van der Waals surface area (Å²) >= 11 is 0. The van der Waals surface area contributed by atoms with Gasteiger partial charge >= 0.3 is 11.9 Å². The average Bonchev–Trinajstić information content (AvgIpc) is 2.78. The van der Waals surface area contributed by atoms with E-state index in [4.69, 9.17) is 18.9 Å². The summed E-state index contributed by atoms with van der Waals surface area (Å²) in [5.74, 6) is -1.09. The third-order valence-electron chi connectivity index (χ3n) is 7.41. The van der Waals surface area contributed by atoms with Crippen molar-refractivity contribution in [3.8, 4) is 0 Å². The molecule has 0 spiro atoms. The number of carbonyl (C=O) groups is 2. The first-order valence-corrected chi connectivity index (χ1v) is 13.1. The Hall–Kier alpha value is -1.70. The number of hydrogen-bond acceptors (Lipinski definition) is 7. The molecular weight excluding hydrogens is 448 g/mol. The summed E-state index contributed by atoms with van der Waals surface area (Å²) < 4.78 is 24.1. The Morgan fingerprint density at radius 2 is 1.94 bits per heavy atom. The van der Waals surface area contributed by atoms with E-state index >= 15 is 0 Å². The first kappa shape index (κ1) is 29.5. The fraction of sp³-hybridized carbons (Fsp3) is 0.786. The third kappa shape index (κ3) is 8.16. The van der Waals surface area contributed by atoms with Crippen molar-refractivity contribution in [2.75, 3.05) is 0 Å². The van der Waals surface area contributed by atoms with E-state index in [0.29, 0.717) is 6.42 Å². The van der Waals surface area contributed by atoms with Gasteiger partial charge in [0.15, 0.2) is 18.5 Å². The van der Waals surface area contributed by atoms with Crippen molar-refractivity contribution in [3.63, 3.8) is 0 Å². The number of esters is 2. The fourth-order valence-corrected chi connectivity index (χ4v) is 4.74. The molecule has 0 aromatic heterocycles. The van der Waals surface area contributed by atoms with Crippen LogP contribution >= 0.6 is 0 Å². The zero-order valence-electron chi connectivity index (χ0n) is 22.8. The van der Waals surface area contributed by atoms with E-state index in [9.17, 15) is 14.7 Å². The highest BCUT2D eigenvalue weighted by Crippen LogP contribution is 2.41. The van der Waals surface area contributed by atoms with Crippen LogP contribution in [-0.4, -0.2) is 53.4 Å². The molecule has 200 valence electrons. The fourth-order valence-electron chi connectivity index (χ4n) is 4.74. The maximum absolute atomic E-state index is 12.8. The minimum Gasteiger partial charge on any atom is -0.455 e. The second-order valence-electron chi connectivity index (χ2n) is 10.8. The first-order chi connectivity index (χ1) is 16.4.